The zero-order valence-electron chi connectivity index (χ0n) is 13.2. The molecule has 1 aliphatic carbocycles. The molecule has 1 aromatic carbocycles. The smallest absolute Gasteiger partial charge is 0.230 e. The summed E-state index contributed by atoms with van der Waals surface area (Å²) >= 11 is 1.07. The Morgan fingerprint density at radius 3 is 2.78 bits per heavy atom. The number of thioether (sulfide) groups is 1. The Kier molecular flexibility index (Phi) is 7.82. The first-order valence-electron chi connectivity index (χ1n) is 8.11. The monoisotopic (exact) mass is 343 g/mol. The van der Waals surface area contributed by atoms with E-state index in [0.29, 0.717) is 19.3 Å². The highest BCUT2D eigenvalue weighted by Gasteiger charge is 2.13. The van der Waals surface area contributed by atoms with Crippen molar-refractivity contribution in [1.82, 2.24) is 5.32 Å². The minimum atomic E-state index is -0.635. The van der Waals surface area contributed by atoms with E-state index in [1.54, 1.807) is 0 Å². The van der Waals surface area contributed by atoms with Crippen LogP contribution in [-0.4, -0.2) is 30.9 Å². The summed E-state index contributed by atoms with van der Waals surface area (Å²) in [5, 5.41) is 2.79. The second-order valence-electron chi connectivity index (χ2n) is 5.70. The van der Waals surface area contributed by atoms with Gasteiger partial charge in [-0.1, -0.05) is 19.3 Å². The van der Waals surface area contributed by atoms with Crippen LogP contribution >= 0.6 is 11.8 Å². The molecule has 0 aromatic heterocycles. The molecule has 0 heterocycles. The third-order valence-electron chi connectivity index (χ3n) is 3.80. The van der Waals surface area contributed by atoms with Crippen molar-refractivity contribution in [3.05, 3.63) is 29.8 Å². The molecule has 0 saturated heterocycles. The maximum atomic E-state index is 13.4. The van der Waals surface area contributed by atoms with Gasteiger partial charge in [-0.3, -0.25) is 4.79 Å². The molecule has 0 aliphatic heterocycles. The topological polar surface area (TPSA) is 38.3 Å². The first-order valence-corrected chi connectivity index (χ1v) is 9.10. The summed E-state index contributed by atoms with van der Waals surface area (Å²) in [5.41, 5.74) is 0. The molecule has 1 fully saturated rings. The summed E-state index contributed by atoms with van der Waals surface area (Å²) < 4.78 is 32.0. The molecule has 1 aliphatic rings. The van der Waals surface area contributed by atoms with Crippen molar-refractivity contribution in [2.24, 2.45) is 0 Å². The van der Waals surface area contributed by atoms with E-state index in [0.717, 1.165) is 37.1 Å². The number of hydrogen-bond donors (Lipinski definition) is 1. The van der Waals surface area contributed by atoms with E-state index >= 15 is 0 Å². The highest BCUT2D eigenvalue weighted by molar-refractivity contribution is 8.00. The van der Waals surface area contributed by atoms with Crippen molar-refractivity contribution in [2.45, 2.75) is 49.5 Å². The third-order valence-corrected chi connectivity index (χ3v) is 4.85. The van der Waals surface area contributed by atoms with Gasteiger partial charge >= 0.3 is 0 Å². The van der Waals surface area contributed by atoms with E-state index in [4.69, 9.17) is 4.74 Å². The van der Waals surface area contributed by atoms with Crippen LogP contribution in [0.2, 0.25) is 0 Å². The Morgan fingerprint density at radius 1 is 1.26 bits per heavy atom. The molecule has 128 valence electrons. The Bertz CT molecular complexity index is 507. The van der Waals surface area contributed by atoms with E-state index in [2.05, 4.69) is 5.32 Å². The molecule has 6 heteroatoms. The molecule has 2 rings (SSSR count). The fraction of sp³-hybridized carbons (Fsp3) is 0.588. The quantitative estimate of drug-likeness (QED) is 0.574. The Hall–Kier alpha value is -1.14. The van der Waals surface area contributed by atoms with Gasteiger partial charge in [0.25, 0.3) is 0 Å². The standard InChI is InChI=1S/C17H23F2NO2S/c18-13-7-8-16(15(19)11-13)23-12-17(21)20-9-4-10-22-14-5-2-1-3-6-14/h7-8,11,14H,1-6,9-10,12H2,(H,20,21). The Morgan fingerprint density at radius 2 is 2.04 bits per heavy atom. The van der Waals surface area contributed by atoms with Gasteiger partial charge < -0.3 is 10.1 Å². The zero-order chi connectivity index (χ0) is 16.5. The first-order chi connectivity index (χ1) is 11.1. The largest absolute Gasteiger partial charge is 0.378 e. The lowest BCUT2D eigenvalue weighted by Gasteiger charge is -2.21. The molecule has 1 N–H and O–H groups in total. The van der Waals surface area contributed by atoms with E-state index < -0.39 is 11.6 Å². The molecule has 1 amide bonds. The van der Waals surface area contributed by atoms with Crippen molar-refractivity contribution >= 4 is 17.7 Å². The van der Waals surface area contributed by atoms with Crippen molar-refractivity contribution in [3.8, 4) is 0 Å². The van der Waals surface area contributed by atoms with Gasteiger partial charge in [-0.05, 0) is 31.4 Å². The molecular weight excluding hydrogens is 320 g/mol. The molecular formula is C17H23F2NO2S. The van der Waals surface area contributed by atoms with Crippen LogP contribution in [0.1, 0.15) is 38.5 Å². The number of rotatable bonds is 8. The van der Waals surface area contributed by atoms with Crippen LogP contribution in [0.25, 0.3) is 0 Å². The summed E-state index contributed by atoms with van der Waals surface area (Å²) in [4.78, 5) is 12.0. The van der Waals surface area contributed by atoms with Gasteiger partial charge in [-0.2, -0.15) is 0 Å². The number of amides is 1. The SMILES string of the molecule is O=C(CSc1ccc(F)cc1F)NCCCOC1CCCCC1. The molecule has 0 unspecified atom stereocenters. The second kappa shape index (κ2) is 9.88. The molecule has 3 nitrogen and oxygen atoms in total. The van der Waals surface area contributed by atoms with Crippen LogP contribution in [0.15, 0.2) is 23.1 Å². The first kappa shape index (κ1) is 18.2. The number of benzene rings is 1. The predicted molar refractivity (Wildman–Crippen MR) is 87.5 cm³/mol. The maximum Gasteiger partial charge on any atom is 0.230 e. The van der Waals surface area contributed by atoms with Crippen molar-refractivity contribution in [3.63, 3.8) is 0 Å². The summed E-state index contributed by atoms with van der Waals surface area (Å²) in [6.07, 6.45) is 7.26. The lowest BCUT2D eigenvalue weighted by atomic mass is 9.98. The van der Waals surface area contributed by atoms with E-state index in [1.807, 2.05) is 0 Å². The number of carbonyl (C=O) groups is 1. The number of ether oxygens (including phenoxy) is 1. The number of halogens is 2. The van der Waals surface area contributed by atoms with Crippen LogP contribution < -0.4 is 5.32 Å². The zero-order valence-corrected chi connectivity index (χ0v) is 14.0. The number of nitrogens with one attached hydrogen (secondary N) is 1. The maximum absolute atomic E-state index is 13.4. The van der Waals surface area contributed by atoms with Crippen LogP contribution in [0.3, 0.4) is 0 Å². The third kappa shape index (κ3) is 6.87. The lowest BCUT2D eigenvalue weighted by molar-refractivity contribution is -0.118. The fourth-order valence-corrected chi connectivity index (χ4v) is 3.32. The van der Waals surface area contributed by atoms with Crippen molar-refractivity contribution < 1.29 is 18.3 Å². The highest BCUT2D eigenvalue weighted by Crippen LogP contribution is 2.22. The van der Waals surface area contributed by atoms with Crippen LogP contribution in [0, 0.1) is 11.6 Å². The summed E-state index contributed by atoms with van der Waals surface area (Å²) in [5.74, 6) is -1.29. The highest BCUT2D eigenvalue weighted by atomic mass is 32.2. The lowest BCUT2D eigenvalue weighted by Crippen LogP contribution is -2.27. The van der Waals surface area contributed by atoms with E-state index in [1.165, 1.54) is 31.4 Å². The van der Waals surface area contributed by atoms with Crippen molar-refractivity contribution in [2.75, 3.05) is 18.9 Å². The molecule has 1 aromatic rings. The molecule has 23 heavy (non-hydrogen) atoms. The predicted octanol–water partition coefficient (Wildman–Crippen LogP) is 3.91. The van der Waals surface area contributed by atoms with Crippen LogP contribution in [-0.2, 0) is 9.53 Å². The average molecular weight is 343 g/mol. The average Bonchev–Trinajstić information content (AvgIpc) is 2.54. The van der Waals surface area contributed by atoms with Gasteiger partial charge in [-0.15, -0.1) is 11.8 Å². The van der Waals surface area contributed by atoms with Gasteiger partial charge in [0, 0.05) is 24.1 Å². The molecule has 0 radical (unpaired) electrons. The Labute approximate surface area is 140 Å². The Balaban J connectivity index is 1.54. The summed E-state index contributed by atoms with van der Waals surface area (Å²) in [6.45, 7) is 1.21. The second-order valence-corrected chi connectivity index (χ2v) is 6.71. The summed E-state index contributed by atoms with van der Waals surface area (Å²) in [6, 6.07) is 3.36. The van der Waals surface area contributed by atoms with Gasteiger partial charge in [0.2, 0.25) is 5.91 Å². The van der Waals surface area contributed by atoms with Gasteiger partial charge in [0.05, 0.1) is 11.9 Å². The fourth-order valence-electron chi connectivity index (χ4n) is 2.57. The van der Waals surface area contributed by atoms with Gasteiger partial charge in [0.1, 0.15) is 11.6 Å². The van der Waals surface area contributed by atoms with Gasteiger partial charge in [-0.25, -0.2) is 8.78 Å². The molecule has 0 bridgehead atoms. The summed E-state index contributed by atoms with van der Waals surface area (Å²) in [7, 11) is 0. The van der Waals surface area contributed by atoms with Crippen molar-refractivity contribution in [1.29, 1.82) is 0 Å². The molecule has 1 saturated carbocycles. The van der Waals surface area contributed by atoms with Gasteiger partial charge in [0.15, 0.2) is 0 Å². The number of carbonyl (C=O) groups excluding carboxylic acids is 1. The normalized spacial score (nSPS) is 15.6. The minimum Gasteiger partial charge on any atom is -0.378 e. The van der Waals surface area contributed by atoms with E-state index in [-0.39, 0.29) is 16.6 Å². The van der Waals surface area contributed by atoms with E-state index in [9.17, 15) is 13.6 Å². The van der Waals surface area contributed by atoms with Crippen LogP contribution in [0.4, 0.5) is 8.78 Å². The van der Waals surface area contributed by atoms with Crippen LogP contribution in [0.5, 0.6) is 0 Å². The number of hydrogen-bond acceptors (Lipinski definition) is 3. The minimum absolute atomic E-state index is 0.117. The molecule has 0 atom stereocenters. The molecule has 0 spiro atoms.